The first-order valence-electron chi connectivity index (χ1n) is 8.21. The topological polar surface area (TPSA) is 41.4 Å². The van der Waals surface area contributed by atoms with Crippen LogP contribution in [0.5, 0.6) is 0 Å². The van der Waals surface area contributed by atoms with E-state index in [0.29, 0.717) is 13.1 Å². The van der Waals surface area contributed by atoms with E-state index in [1.807, 2.05) is 47.9 Å². The van der Waals surface area contributed by atoms with Crippen molar-refractivity contribution in [2.24, 2.45) is 7.05 Å². The van der Waals surface area contributed by atoms with E-state index < -0.39 is 0 Å². The number of hydrogen-bond donors (Lipinski definition) is 0. The van der Waals surface area contributed by atoms with Gasteiger partial charge in [0.1, 0.15) is 0 Å². The first kappa shape index (κ1) is 15.7. The van der Waals surface area contributed by atoms with Crippen molar-refractivity contribution in [3.8, 4) is 11.8 Å². The van der Waals surface area contributed by atoms with Gasteiger partial charge in [0.25, 0.3) is 5.91 Å². The van der Waals surface area contributed by atoms with E-state index in [0.717, 1.165) is 34.7 Å². The maximum Gasteiger partial charge on any atom is 0.298 e. The minimum Gasteiger partial charge on any atom is -0.351 e. The van der Waals surface area contributed by atoms with Gasteiger partial charge in [-0.15, -0.1) is 11.3 Å². The lowest BCUT2D eigenvalue weighted by Gasteiger charge is -2.33. The third kappa shape index (κ3) is 3.24. The van der Waals surface area contributed by atoms with Gasteiger partial charge in [-0.3, -0.25) is 4.79 Å². The Morgan fingerprint density at radius 1 is 1.20 bits per heavy atom. The SMILES string of the molecule is Cn1ccc2cc(C#CC(=O)N3CCN(c4nccs4)CC3)ccc21. The van der Waals surface area contributed by atoms with Gasteiger partial charge in [-0.25, -0.2) is 4.98 Å². The number of carbonyl (C=O) groups excluding carboxylic acids is 1. The number of carbonyl (C=O) groups is 1. The average molecular weight is 350 g/mol. The first-order chi connectivity index (χ1) is 12.2. The summed E-state index contributed by atoms with van der Waals surface area (Å²) in [4.78, 5) is 20.7. The normalized spacial score (nSPS) is 14.4. The quantitative estimate of drug-likeness (QED) is 0.633. The highest BCUT2D eigenvalue weighted by molar-refractivity contribution is 7.13. The summed E-state index contributed by atoms with van der Waals surface area (Å²) >= 11 is 1.63. The van der Waals surface area contributed by atoms with Crippen LogP contribution in [0.4, 0.5) is 5.13 Å². The molecule has 0 atom stereocenters. The summed E-state index contributed by atoms with van der Waals surface area (Å²) < 4.78 is 2.07. The Labute approximate surface area is 150 Å². The third-order valence-electron chi connectivity index (χ3n) is 4.46. The molecule has 6 heteroatoms. The first-order valence-corrected chi connectivity index (χ1v) is 9.09. The molecular weight excluding hydrogens is 332 g/mol. The van der Waals surface area contributed by atoms with Crippen molar-refractivity contribution >= 4 is 33.3 Å². The summed E-state index contributed by atoms with van der Waals surface area (Å²) in [6.45, 7) is 2.98. The lowest BCUT2D eigenvalue weighted by Crippen LogP contribution is -2.48. The molecular formula is C19H18N4OS. The molecule has 1 aliphatic heterocycles. The highest BCUT2D eigenvalue weighted by Crippen LogP contribution is 2.19. The van der Waals surface area contributed by atoms with Crippen molar-refractivity contribution in [3.05, 3.63) is 47.6 Å². The number of aromatic nitrogens is 2. The number of nitrogens with zero attached hydrogens (tertiary/aromatic N) is 4. The molecule has 0 bridgehead atoms. The lowest BCUT2D eigenvalue weighted by molar-refractivity contribution is -0.125. The van der Waals surface area contributed by atoms with E-state index in [2.05, 4.69) is 32.4 Å². The van der Waals surface area contributed by atoms with Crippen LogP contribution in [0.25, 0.3) is 10.9 Å². The van der Waals surface area contributed by atoms with Crippen molar-refractivity contribution < 1.29 is 4.79 Å². The Hall–Kier alpha value is -2.78. The molecule has 1 fully saturated rings. The summed E-state index contributed by atoms with van der Waals surface area (Å²) in [6.07, 6.45) is 3.83. The number of benzene rings is 1. The highest BCUT2D eigenvalue weighted by atomic mass is 32.1. The van der Waals surface area contributed by atoms with Crippen LogP contribution in [-0.2, 0) is 11.8 Å². The molecule has 0 spiro atoms. The van der Waals surface area contributed by atoms with Gasteiger partial charge in [0.15, 0.2) is 5.13 Å². The van der Waals surface area contributed by atoms with Gasteiger partial charge in [0.05, 0.1) is 0 Å². The van der Waals surface area contributed by atoms with Crippen molar-refractivity contribution in [1.82, 2.24) is 14.5 Å². The van der Waals surface area contributed by atoms with Gasteiger partial charge >= 0.3 is 0 Å². The zero-order valence-electron chi connectivity index (χ0n) is 14.0. The Balaban J connectivity index is 1.41. The summed E-state index contributed by atoms with van der Waals surface area (Å²) in [7, 11) is 2.02. The highest BCUT2D eigenvalue weighted by Gasteiger charge is 2.21. The standard InChI is InChI=1S/C19H18N4OS/c1-21-8-6-16-14-15(2-4-17(16)21)3-5-18(24)22-9-11-23(12-10-22)19-20-7-13-25-19/h2,4,6-8,13-14H,9-12H2,1H3. The molecule has 126 valence electrons. The summed E-state index contributed by atoms with van der Waals surface area (Å²) in [5, 5.41) is 4.13. The second-order valence-electron chi connectivity index (χ2n) is 6.04. The van der Waals surface area contributed by atoms with E-state index in [4.69, 9.17) is 0 Å². The van der Waals surface area contributed by atoms with Crippen LogP contribution >= 0.6 is 11.3 Å². The van der Waals surface area contributed by atoms with Crippen molar-refractivity contribution in [1.29, 1.82) is 0 Å². The number of fused-ring (bicyclic) bond motifs is 1. The molecule has 1 amide bonds. The molecule has 1 saturated heterocycles. The maximum absolute atomic E-state index is 12.3. The van der Waals surface area contributed by atoms with Crippen LogP contribution in [0.15, 0.2) is 42.0 Å². The molecule has 5 nitrogen and oxygen atoms in total. The zero-order chi connectivity index (χ0) is 17.2. The Bertz CT molecular complexity index is 956. The number of thiazole rings is 1. The van der Waals surface area contributed by atoms with Gasteiger partial charge in [-0.2, -0.15) is 0 Å². The molecule has 0 unspecified atom stereocenters. The van der Waals surface area contributed by atoms with Crippen molar-refractivity contribution in [2.75, 3.05) is 31.1 Å². The molecule has 0 radical (unpaired) electrons. The number of hydrogen-bond acceptors (Lipinski definition) is 4. The monoisotopic (exact) mass is 350 g/mol. The van der Waals surface area contributed by atoms with Crippen LogP contribution < -0.4 is 4.90 Å². The third-order valence-corrected chi connectivity index (χ3v) is 5.29. The van der Waals surface area contributed by atoms with E-state index >= 15 is 0 Å². The van der Waals surface area contributed by atoms with Crippen LogP contribution in [0.3, 0.4) is 0 Å². The summed E-state index contributed by atoms with van der Waals surface area (Å²) in [5.41, 5.74) is 2.03. The second-order valence-corrected chi connectivity index (χ2v) is 6.92. The Morgan fingerprint density at radius 3 is 2.80 bits per heavy atom. The van der Waals surface area contributed by atoms with Gasteiger partial charge < -0.3 is 14.4 Å². The van der Waals surface area contributed by atoms with Crippen molar-refractivity contribution in [3.63, 3.8) is 0 Å². The molecule has 1 aliphatic rings. The average Bonchev–Trinajstić information content (AvgIpc) is 3.30. The van der Waals surface area contributed by atoms with E-state index in [1.54, 1.807) is 11.3 Å². The van der Waals surface area contributed by atoms with Gasteiger partial charge in [0, 0.05) is 73.4 Å². The molecule has 3 heterocycles. The fraction of sp³-hybridized carbons (Fsp3) is 0.263. The fourth-order valence-corrected chi connectivity index (χ4v) is 3.73. The lowest BCUT2D eigenvalue weighted by atomic mass is 10.1. The number of amides is 1. The van der Waals surface area contributed by atoms with E-state index in [9.17, 15) is 4.79 Å². The molecule has 0 saturated carbocycles. The maximum atomic E-state index is 12.3. The van der Waals surface area contributed by atoms with E-state index in [-0.39, 0.29) is 5.91 Å². The van der Waals surface area contributed by atoms with Crippen LogP contribution in [0.2, 0.25) is 0 Å². The van der Waals surface area contributed by atoms with Crippen LogP contribution in [-0.4, -0.2) is 46.5 Å². The number of aryl methyl sites for hydroxylation is 1. The molecule has 25 heavy (non-hydrogen) atoms. The Kier molecular flexibility index (Phi) is 4.16. The number of anilines is 1. The van der Waals surface area contributed by atoms with Crippen molar-refractivity contribution in [2.45, 2.75) is 0 Å². The second kappa shape index (κ2) is 6.61. The summed E-state index contributed by atoms with van der Waals surface area (Å²) in [5.74, 6) is 5.69. The van der Waals surface area contributed by atoms with Gasteiger partial charge in [0.2, 0.25) is 0 Å². The fourth-order valence-electron chi connectivity index (χ4n) is 3.04. The largest absolute Gasteiger partial charge is 0.351 e. The molecule has 4 rings (SSSR count). The predicted octanol–water partition coefficient (Wildman–Crippen LogP) is 2.34. The zero-order valence-corrected chi connectivity index (χ0v) is 14.8. The summed E-state index contributed by atoms with van der Waals surface area (Å²) in [6, 6.07) is 8.08. The minimum absolute atomic E-state index is 0.105. The molecule has 0 N–H and O–H groups in total. The minimum atomic E-state index is -0.105. The molecule has 2 aromatic heterocycles. The van der Waals surface area contributed by atoms with Crippen LogP contribution in [0, 0.1) is 11.8 Å². The molecule has 3 aromatic rings. The smallest absolute Gasteiger partial charge is 0.298 e. The number of piperazine rings is 1. The van der Waals surface area contributed by atoms with E-state index in [1.165, 1.54) is 0 Å². The predicted molar refractivity (Wildman–Crippen MR) is 101 cm³/mol. The van der Waals surface area contributed by atoms with Crippen LogP contribution in [0.1, 0.15) is 5.56 Å². The van der Waals surface area contributed by atoms with Gasteiger partial charge in [-0.05, 0) is 24.3 Å². The Morgan fingerprint density at radius 2 is 2.04 bits per heavy atom. The molecule has 1 aromatic carbocycles. The number of rotatable bonds is 1. The molecule has 0 aliphatic carbocycles. The van der Waals surface area contributed by atoms with Gasteiger partial charge in [-0.1, -0.05) is 5.92 Å².